The van der Waals surface area contributed by atoms with Gasteiger partial charge in [0.15, 0.2) is 0 Å². The van der Waals surface area contributed by atoms with E-state index in [1.54, 1.807) is 6.20 Å². The minimum atomic E-state index is 0.0551. The number of pyridine rings is 1. The highest BCUT2D eigenvalue weighted by Gasteiger charge is 2.45. The van der Waals surface area contributed by atoms with Crippen molar-refractivity contribution in [2.45, 2.75) is 31.3 Å². The summed E-state index contributed by atoms with van der Waals surface area (Å²) in [4.78, 5) is 20.0. The molecule has 0 spiro atoms. The number of aromatic nitrogens is 3. The highest BCUT2D eigenvalue weighted by atomic mass is 16.2. The summed E-state index contributed by atoms with van der Waals surface area (Å²) in [5.74, 6) is 0.103. The molecule has 2 aliphatic heterocycles. The van der Waals surface area contributed by atoms with E-state index in [1.165, 1.54) is 16.8 Å². The van der Waals surface area contributed by atoms with Crippen LogP contribution in [0, 0.1) is 0 Å². The third-order valence-corrected chi connectivity index (χ3v) is 6.57. The summed E-state index contributed by atoms with van der Waals surface area (Å²) < 4.78 is 1.99. The van der Waals surface area contributed by atoms with Crippen LogP contribution in [0.5, 0.6) is 0 Å². The third-order valence-electron chi connectivity index (χ3n) is 6.57. The smallest absolute Gasteiger partial charge is 0.254 e. The molecule has 0 N–H and O–H groups in total. The molecule has 6 rings (SSSR count). The van der Waals surface area contributed by atoms with E-state index in [2.05, 4.69) is 34.1 Å². The van der Waals surface area contributed by atoms with E-state index in [0.717, 1.165) is 41.4 Å². The van der Waals surface area contributed by atoms with Gasteiger partial charge in [-0.3, -0.25) is 14.5 Å². The van der Waals surface area contributed by atoms with Crippen LogP contribution < -0.4 is 0 Å². The van der Waals surface area contributed by atoms with Crippen molar-refractivity contribution in [3.05, 3.63) is 83.7 Å². The Labute approximate surface area is 175 Å². The average molecular weight is 394 g/mol. The van der Waals surface area contributed by atoms with E-state index < -0.39 is 0 Å². The number of rotatable bonds is 2. The number of fused-ring (bicyclic) bond motifs is 5. The van der Waals surface area contributed by atoms with Crippen molar-refractivity contribution in [1.29, 1.82) is 0 Å². The Kier molecular flexibility index (Phi) is 3.78. The quantitative estimate of drug-likeness (QED) is 0.502. The van der Waals surface area contributed by atoms with E-state index >= 15 is 0 Å². The molecule has 0 saturated carbocycles. The highest BCUT2D eigenvalue weighted by Crippen LogP contribution is 2.46. The number of aryl methyl sites for hydroxylation is 1. The summed E-state index contributed by atoms with van der Waals surface area (Å²) in [6.07, 6.45) is 4.65. The van der Waals surface area contributed by atoms with Crippen molar-refractivity contribution in [3.63, 3.8) is 0 Å². The fraction of sp³-hybridized carbons (Fsp3) is 0.240. The summed E-state index contributed by atoms with van der Waals surface area (Å²) in [6.45, 7) is 0. The molecule has 1 saturated heterocycles. The fourth-order valence-electron chi connectivity index (χ4n) is 5.27. The molecule has 0 aliphatic carbocycles. The maximum Gasteiger partial charge on any atom is 0.254 e. The van der Waals surface area contributed by atoms with Gasteiger partial charge in [-0.05, 0) is 43.5 Å². The first-order chi connectivity index (χ1) is 14.7. The van der Waals surface area contributed by atoms with Crippen LogP contribution in [0.1, 0.15) is 40.5 Å². The first-order valence-electron chi connectivity index (χ1n) is 10.5. The van der Waals surface area contributed by atoms with E-state index in [1.807, 2.05) is 48.1 Å². The minimum absolute atomic E-state index is 0.0551. The molecule has 1 amide bonds. The molecule has 2 bridgehead atoms. The Hall–Kier alpha value is -3.47. The van der Waals surface area contributed by atoms with E-state index in [9.17, 15) is 4.79 Å². The van der Waals surface area contributed by atoms with Crippen molar-refractivity contribution in [2.75, 3.05) is 0 Å². The lowest BCUT2D eigenvalue weighted by Gasteiger charge is -2.34. The predicted octanol–water partition coefficient (Wildman–Crippen LogP) is 4.54. The van der Waals surface area contributed by atoms with Crippen LogP contribution in [0.15, 0.2) is 66.9 Å². The zero-order chi connectivity index (χ0) is 20.2. The van der Waals surface area contributed by atoms with Gasteiger partial charge in [-0.2, -0.15) is 5.10 Å². The lowest BCUT2D eigenvalue weighted by Crippen LogP contribution is -2.41. The molecule has 2 aliphatic rings. The van der Waals surface area contributed by atoms with Gasteiger partial charge in [0.05, 0.1) is 22.9 Å². The molecule has 2 aromatic heterocycles. The highest BCUT2D eigenvalue weighted by molar-refractivity contribution is 5.98. The van der Waals surface area contributed by atoms with E-state index in [4.69, 9.17) is 5.10 Å². The van der Waals surface area contributed by atoms with Crippen LogP contribution in [-0.4, -0.2) is 31.6 Å². The van der Waals surface area contributed by atoms with Crippen molar-refractivity contribution in [3.8, 4) is 11.3 Å². The Morgan fingerprint density at radius 3 is 2.77 bits per heavy atom. The van der Waals surface area contributed by atoms with Gasteiger partial charge in [0, 0.05) is 41.4 Å². The average Bonchev–Trinajstić information content (AvgIpc) is 3.29. The largest absolute Gasteiger partial charge is 0.327 e. The van der Waals surface area contributed by atoms with Crippen molar-refractivity contribution >= 4 is 16.8 Å². The van der Waals surface area contributed by atoms with Gasteiger partial charge in [0.1, 0.15) is 0 Å². The van der Waals surface area contributed by atoms with Gasteiger partial charge in [-0.1, -0.05) is 36.4 Å². The van der Waals surface area contributed by atoms with Crippen LogP contribution in [0.25, 0.3) is 22.2 Å². The SMILES string of the molecule is Cn1nc2c(c1-c1ccccc1)C[C@@H]1CC[C@H]2N1C(=O)c1ccc2ncccc2c1. The zero-order valence-electron chi connectivity index (χ0n) is 16.8. The normalized spacial score (nSPS) is 19.8. The van der Waals surface area contributed by atoms with Crippen LogP contribution in [0.2, 0.25) is 0 Å². The third kappa shape index (κ3) is 2.51. The zero-order valence-corrected chi connectivity index (χ0v) is 16.8. The second-order valence-corrected chi connectivity index (χ2v) is 8.28. The number of carbonyl (C=O) groups is 1. The van der Waals surface area contributed by atoms with Gasteiger partial charge in [0.2, 0.25) is 0 Å². The molecule has 0 radical (unpaired) electrons. The molecule has 1 fully saturated rings. The number of benzene rings is 2. The van der Waals surface area contributed by atoms with Gasteiger partial charge in [-0.15, -0.1) is 0 Å². The summed E-state index contributed by atoms with van der Waals surface area (Å²) in [5.41, 5.74) is 6.40. The number of hydrogen-bond acceptors (Lipinski definition) is 3. The summed E-state index contributed by atoms with van der Waals surface area (Å²) >= 11 is 0. The van der Waals surface area contributed by atoms with Gasteiger partial charge in [-0.25, -0.2) is 0 Å². The number of carbonyl (C=O) groups excluding carboxylic acids is 1. The van der Waals surface area contributed by atoms with Crippen LogP contribution in [0.4, 0.5) is 0 Å². The lowest BCUT2D eigenvalue weighted by atomic mass is 9.94. The van der Waals surface area contributed by atoms with Crippen LogP contribution >= 0.6 is 0 Å². The standard InChI is InChI=1S/C25H22N4O/c1-28-24(16-6-3-2-4-7-16)20-15-19-10-12-22(23(20)27-28)29(19)25(30)18-9-11-21-17(14-18)8-5-13-26-21/h2-9,11,13-14,19,22H,10,12,15H2,1H3/t19-,22+/m0/s1. The summed E-state index contributed by atoms with van der Waals surface area (Å²) in [5, 5.41) is 5.89. The van der Waals surface area contributed by atoms with Crippen molar-refractivity contribution in [2.24, 2.45) is 7.05 Å². The molecular weight excluding hydrogens is 372 g/mol. The summed E-state index contributed by atoms with van der Waals surface area (Å²) in [7, 11) is 2.01. The first kappa shape index (κ1) is 17.4. The molecule has 2 atom stereocenters. The number of hydrogen-bond donors (Lipinski definition) is 0. The molecule has 5 heteroatoms. The van der Waals surface area contributed by atoms with Gasteiger partial charge < -0.3 is 4.90 Å². The number of amides is 1. The predicted molar refractivity (Wildman–Crippen MR) is 116 cm³/mol. The second-order valence-electron chi connectivity index (χ2n) is 8.28. The van der Waals surface area contributed by atoms with E-state index in [0.29, 0.717) is 0 Å². The molecule has 30 heavy (non-hydrogen) atoms. The first-order valence-corrected chi connectivity index (χ1v) is 10.5. The van der Waals surface area contributed by atoms with E-state index in [-0.39, 0.29) is 18.0 Å². The summed E-state index contributed by atoms with van der Waals surface area (Å²) in [6, 6.07) is 20.5. The number of nitrogens with zero attached hydrogens (tertiary/aromatic N) is 4. The maximum absolute atomic E-state index is 13.5. The molecule has 0 unspecified atom stereocenters. The second kappa shape index (κ2) is 6.52. The Morgan fingerprint density at radius 2 is 1.90 bits per heavy atom. The van der Waals surface area contributed by atoms with Gasteiger partial charge in [0.25, 0.3) is 5.91 Å². The fourth-order valence-corrected chi connectivity index (χ4v) is 5.27. The molecule has 5 nitrogen and oxygen atoms in total. The molecule has 148 valence electrons. The van der Waals surface area contributed by atoms with Crippen LogP contribution in [-0.2, 0) is 13.5 Å². The lowest BCUT2D eigenvalue weighted by molar-refractivity contribution is 0.0642. The Bertz CT molecular complexity index is 1280. The minimum Gasteiger partial charge on any atom is -0.327 e. The molecule has 4 heterocycles. The Balaban J connectivity index is 1.40. The molecular formula is C25H22N4O. The monoisotopic (exact) mass is 394 g/mol. The maximum atomic E-state index is 13.5. The van der Waals surface area contributed by atoms with Crippen molar-refractivity contribution in [1.82, 2.24) is 19.7 Å². The molecule has 4 aromatic rings. The topological polar surface area (TPSA) is 51.0 Å². The van der Waals surface area contributed by atoms with Crippen molar-refractivity contribution < 1.29 is 4.79 Å². The van der Waals surface area contributed by atoms with Gasteiger partial charge >= 0.3 is 0 Å². The molecule has 2 aromatic carbocycles. The Morgan fingerprint density at radius 1 is 1.03 bits per heavy atom. The van der Waals surface area contributed by atoms with Crippen LogP contribution in [0.3, 0.4) is 0 Å².